The molecule has 6 nitrogen and oxygen atoms in total. The zero-order chi connectivity index (χ0) is 19.6. The highest BCUT2D eigenvalue weighted by molar-refractivity contribution is 7.89. The number of fused-ring (bicyclic) bond motifs is 1. The number of amides is 1. The van der Waals surface area contributed by atoms with E-state index in [1.165, 1.54) is 4.31 Å². The molecule has 0 aromatic heterocycles. The van der Waals surface area contributed by atoms with Crippen LogP contribution in [0.1, 0.15) is 25.0 Å². The van der Waals surface area contributed by atoms with Crippen molar-refractivity contribution in [2.75, 3.05) is 30.3 Å². The molecule has 0 saturated carbocycles. The van der Waals surface area contributed by atoms with Crippen molar-refractivity contribution in [1.82, 2.24) is 4.31 Å². The van der Waals surface area contributed by atoms with Crippen LogP contribution in [0.4, 0.5) is 11.4 Å². The first kappa shape index (κ1) is 19.4. The number of carbonyl (C=O) groups is 1. The molecule has 27 heavy (non-hydrogen) atoms. The first-order chi connectivity index (χ1) is 12.9. The number of nitrogens with zero attached hydrogens (tertiary/aromatic N) is 2. The van der Waals surface area contributed by atoms with Crippen molar-refractivity contribution in [3.63, 3.8) is 0 Å². The van der Waals surface area contributed by atoms with Gasteiger partial charge in [-0.25, -0.2) is 8.42 Å². The van der Waals surface area contributed by atoms with E-state index in [0.717, 1.165) is 16.8 Å². The fourth-order valence-electron chi connectivity index (χ4n) is 3.42. The monoisotopic (exact) mass is 387 g/mol. The number of nitrogens with two attached hydrogens (primary N) is 1. The molecule has 144 valence electrons. The Balaban J connectivity index is 1.82. The van der Waals surface area contributed by atoms with Crippen molar-refractivity contribution in [2.24, 2.45) is 0 Å². The Bertz CT molecular complexity index is 935. The number of hydrogen-bond acceptors (Lipinski definition) is 4. The third-order valence-corrected chi connectivity index (χ3v) is 6.97. The average Bonchev–Trinajstić information content (AvgIpc) is 3.07. The van der Waals surface area contributed by atoms with Crippen molar-refractivity contribution in [3.8, 4) is 0 Å². The summed E-state index contributed by atoms with van der Waals surface area (Å²) in [5.74, 6) is -0.00197. The lowest BCUT2D eigenvalue weighted by Crippen LogP contribution is -2.31. The molecule has 2 aromatic rings. The van der Waals surface area contributed by atoms with Gasteiger partial charge in [0, 0.05) is 31.0 Å². The van der Waals surface area contributed by atoms with E-state index in [2.05, 4.69) is 0 Å². The van der Waals surface area contributed by atoms with E-state index >= 15 is 0 Å². The SMILES string of the molecule is CCN(CC)S(=O)(=O)c1ccc2c(c1)CCN2C(=O)Cc1ccc(N)cc1. The summed E-state index contributed by atoms with van der Waals surface area (Å²) < 4.78 is 26.9. The van der Waals surface area contributed by atoms with Crippen LogP contribution in [0.15, 0.2) is 47.4 Å². The van der Waals surface area contributed by atoms with Crippen LogP contribution >= 0.6 is 0 Å². The Kier molecular flexibility index (Phi) is 5.53. The van der Waals surface area contributed by atoms with Crippen molar-refractivity contribution in [1.29, 1.82) is 0 Å². The second kappa shape index (κ2) is 7.70. The average molecular weight is 388 g/mol. The van der Waals surface area contributed by atoms with Crippen molar-refractivity contribution in [2.45, 2.75) is 31.6 Å². The molecule has 0 radical (unpaired) electrons. The molecule has 1 aliphatic heterocycles. The summed E-state index contributed by atoms with van der Waals surface area (Å²) in [6.45, 7) is 5.08. The summed E-state index contributed by atoms with van der Waals surface area (Å²) in [6, 6.07) is 12.3. The number of anilines is 2. The summed E-state index contributed by atoms with van der Waals surface area (Å²) in [5, 5.41) is 0. The van der Waals surface area contributed by atoms with Gasteiger partial charge in [-0.3, -0.25) is 4.79 Å². The molecule has 2 N–H and O–H groups in total. The Morgan fingerprint density at radius 3 is 2.41 bits per heavy atom. The predicted octanol–water partition coefficient (Wildman–Crippen LogP) is 2.43. The van der Waals surface area contributed by atoms with Crippen LogP contribution in [0, 0.1) is 0 Å². The molecule has 7 heteroatoms. The van der Waals surface area contributed by atoms with Crippen LogP contribution in [-0.2, 0) is 27.7 Å². The van der Waals surface area contributed by atoms with Crippen LogP contribution in [0.25, 0.3) is 0 Å². The second-order valence-electron chi connectivity index (χ2n) is 6.59. The van der Waals surface area contributed by atoms with Gasteiger partial charge in [-0.15, -0.1) is 0 Å². The zero-order valence-corrected chi connectivity index (χ0v) is 16.5. The van der Waals surface area contributed by atoms with Gasteiger partial charge in [-0.1, -0.05) is 26.0 Å². The van der Waals surface area contributed by atoms with Gasteiger partial charge < -0.3 is 10.6 Å². The molecule has 2 aromatic carbocycles. The van der Waals surface area contributed by atoms with E-state index in [9.17, 15) is 13.2 Å². The second-order valence-corrected chi connectivity index (χ2v) is 8.53. The number of carbonyl (C=O) groups excluding carboxylic acids is 1. The largest absolute Gasteiger partial charge is 0.399 e. The molecule has 0 bridgehead atoms. The molecule has 1 amide bonds. The quantitative estimate of drug-likeness (QED) is 0.772. The maximum atomic E-state index is 12.7. The minimum atomic E-state index is -3.50. The Hall–Kier alpha value is -2.38. The number of rotatable bonds is 6. The lowest BCUT2D eigenvalue weighted by Gasteiger charge is -2.20. The standard InChI is InChI=1S/C20H25N3O3S/c1-3-22(4-2)27(25,26)18-9-10-19-16(14-18)11-12-23(19)20(24)13-15-5-7-17(21)8-6-15/h5-10,14H,3-4,11-13,21H2,1-2H3. The summed E-state index contributed by atoms with van der Waals surface area (Å²) in [6.07, 6.45) is 0.948. The summed E-state index contributed by atoms with van der Waals surface area (Å²) in [5.41, 5.74) is 8.95. The number of sulfonamides is 1. The van der Waals surface area contributed by atoms with Crippen molar-refractivity contribution < 1.29 is 13.2 Å². The van der Waals surface area contributed by atoms with Crippen LogP contribution in [0.3, 0.4) is 0 Å². The third kappa shape index (κ3) is 3.84. The molecule has 0 spiro atoms. The fourth-order valence-corrected chi connectivity index (χ4v) is 4.92. The molecule has 0 fully saturated rings. The van der Waals surface area contributed by atoms with E-state index in [4.69, 9.17) is 5.73 Å². The van der Waals surface area contributed by atoms with Gasteiger partial charge >= 0.3 is 0 Å². The Labute approximate surface area is 160 Å². The summed E-state index contributed by atoms with van der Waals surface area (Å²) in [4.78, 5) is 14.7. The Morgan fingerprint density at radius 1 is 1.11 bits per heavy atom. The first-order valence-electron chi connectivity index (χ1n) is 9.14. The maximum Gasteiger partial charge on any atom is 0.243 e. The van der Waals surface area contributed by atoms with E-state index in [1.807, 2.05) is 26.0 Å². The molecule has 0 atom stereocenters. The topological polar surface area (TPSA) is 83.7 Å². The molecule has 0 aliphatic carbocycles. The third-order valence-electron chi connectivity index (χ3n) is 4.93. The molecule has 0 unspecified atom stereocenters. The number of hydrogen-bond donors (Lipinski definition) is 1. The molecule has 0 saturated heterocycles. The molecule has 1 heterocycles. The highest BCUT2D eigenvalue weighted by Crippen LogP contribution is 2.31. The van der Waals surface area contributed by atoms with Gasteiger partial charge in [0.25, 0.3) is 0 Å². The highest BCUT2D eigenvalue weighted by atomic mass is 32.2. The normalized spacial score (nSPS) is 13.8. The number of benzene rings is 2. The minimum absolute atomic E-state index is 0.00197. The Morgan fingerprint density at radius 2 is 1.78 bits per heavy atom. The van der Waals surface area contributed by atoms with E-state index in [-0.39, 0.29) is 10.8 Å². The molecule has 3 rings (SSSR count). The van der Waals surface area contributed by atoms with E-state index < -0.39 is 10.0 Å². The van der Waals surface area contributed by atoms with Gasteiger partial charge in [0.2, 0.25) is 15.9 Å². The molecular weight excluding hydrogens is 362 g/mol. The maximum absolute atomic E-state index is 12.7. The zero-order valence-electron chi connectivity index (χ0n) is 15.7. The van der Waals surface area contributed by atoms with E-state index in [0.29, 0.717) is 38.2 Å². The lowest BCUT2D eigenvalue weighted by molar-refractivity contribution is -0.117. The summed E-state index contributed by atoms with van der Waals surface area (Å²) >= 11 is 0. The van der Waals surface area contributed by atoms with Crippen LogP contribution < -0.4 is 10.6 Å². The van der Waals surface area contributed by atoms with Crippen molar-refractivity contribution >= 4 is 27.3 Å². The summed E-state index contributed by atoms with van der Waals surface area (Å²) in [7, 11) is -3.50. The minimum Gasteiger partial charge on any atom is -0.399 e. The molecule has 1 aliphatic rings. The molecular formula is C20H25N3O3S. The van der Waals surface area contributed by atoms with Crippen molar-refractivity contribution in [3.05, 3.63) is 53.6 Å². The first-order valence-corrected chi connectivity index (χ1v) is 10.6. The van der Waals surface area contributed by atoms with Crippen LogP contribution in [0.2, 0.25) is 0 Å². The lowest BCUT2D eigenvalue weighted by atomic mass is 10.1. The smallest absolute Gasteiger partial charge is 0.243 e. The van der Waals surface area contributed by atoms with Crippen LogP contribution in [0.5, 0.6) is 0 Å². The van der Waals surface area contributed by atoms with Crippen LogP contribution in [-0.4, -0.2) is 38.3 Å². The number of nitrogen functional groups attached to an aromatic ring is 1. The van der Waals surface area contributed by atoms with E-state index in [1.54, 1.807) is 35.2 Å². The van der Waals surface area contributed by atoms with Gasteiger partial charge in [0.15, 0.2) is 0 Å². The van der Waals surface area contributed by atoms with Gasteiger partial charge in [-0.05, 0) is 47.9 Å². The van der Waals surface area contributed by atoms with Gasteiger partial charge in [0.1, 0.15) is 0 Å². The van der Waals surface area contributed by atoms with Gasteiger partial charge in [0.05, 0.1) is 11.3 Å². The van der Waals surface area contributed by atoms with Gasteiger partial charge in [-0.2, -0.15) is 4.31 Å². The highest BCUT2D eigenvalue weighted by Gasteiger charge is 2.28. The fraction of sp³-hybridized carbons (Fsp3) is 0.350. The predicted molar refractivity (Wildman–Crippen MR) is 107 cm³/mol.